The maximum absolute atomic E-state index is 4.92. The zero-order valence-electron chi connectivity index (χ0n) is 15.7. The molecule has 0 aliphatic heterocycles. The largest absolute Gasteiger partial charge is 0.296 e. The second-order valence-electron chi connectivity index (χ2n) is 6.97. The highest BCUT2D eigenvalue weighted by atomic mass is 32.1. The summed E-state index contributed by atoms with van der Waals surface area (Å²) in [4.78, 5) is 9.85. The first-order valence-electron chi connectivity index (χ1n) is 9.21. The summed E-state index contributed by atoms with van der Waals surface area (Å²) < 4.78 is 3.98. The van der Waals surface area contributed by atoms with Crippen molar-refractivity contribution >= 4 is 33.0 Å². The van der Waals surface area contributed by atoms with E-state index in [1.165, 1.54) is 11.3 Å². The summed E-state index contributed by atoms with van der Waals surface area (Å²) in [7, 11) is 0. The summed E-state index contributed by atoms with van der Waals surface area (Å²) in [5.41, 5.74) is 7.18. The predicted molar refractivity (Wildman–Crippen MR) is 113 cm³/mol. The third-order valence-electron chi connectivity index (χ3n) is 5.08. The third-order valence-corrected chi connectivity index (χ3v) is 6.00. The van der Waals surface area contributed by atoms with E-state index in [2.05, 4.69) is 45.6 Å². The van der Waals surface area contributed by atoms with Crippen molar-refractivity contribution in [1.82, 2.24) is 34.2 Å². The van der Waals surface area contributed by atoms with Crippen molar-refractivity contribution in [2.45, 2.75) is 13.8 Å². The Morgan fingerprint density at radius 1 is 1.00 bits per heavy atom. The van der Waals surface area contributed by atoms with Gasteiger partial charge in [0.2, 0.25) is 4.96 Å². The smallest absolute Gasteiger partial charge is 0.235 e. The molecular weight excluding hydrogens is 382 g/mol. The zero-order chi connectivity index (χ0) is 19.5. The van der Waals surface area contributed by atoms with E-state index in [1.54, 1.807) is 16.9 Å². The quantitative estimate of drug-likeness (QED) is 0.435. The zero-order valence-corrected chi connectivity index (χ0v) is 16.6. The van der Waals surface area contributed by atoms with Gasteiger partial charge in [0.05, 0.1) is 16.6 Å². The Bertz CT molecular complexity index is 1530. The molecule has 0 radical (unpaired) electrons. The van der Waals surface area contributed by atoms with E-state index in [9.17, 15) is 0 Å². The minimum absolute atomic E-state index is 0.685. The van der Waals surface area contributed by atoms with Gasteiger partial charge in [0.25, 0.3) is 0 Å². The van der Waals surface area contributed by atoms with Crippen LogP contribution in [0.25, 0.3) is 43.6 Å². The molecule has 140 valence electrons. The lowest BCUT2D eigenvalue weighted by molar-refractivity contribution is 0.966. The molecule has 5 aromatic heterocycles. The monoisotopic (exact) mass is 397 g/mol. The molecule has 0 aliphatic carbocycles. The van der Waals surface area contributed by atoms with Crippen molar-refractivity contribution in [3.8, 4) is 22.0 Å². The lowest BCUT2D eigenvalue weighted by atomic mass is 10.1. The van der Waals surface area contributed by atoms with Crippen molar-refractivity contribution in [2.75, 3.05) is 0 Å². The highest BCUT2D eigenvalue weighted by molar-refractivity contribution is 7.20. The second-order valence-corrected chi connectivity index (χ2v) is 7.93. The number of aryl methyl sites for hydroxylation is 2. The number of hydrogen-bond acceptors (Lipinski definition) is 6. The molecule has 0 aliphatic rings. The van der Waals surface area contributed by atoms with E-state index in [4.69, 9.17) is 10.1 Å². The molecule has 0 unspecified atom stereocenters. The Hall–Kier alpha value is -3.65. The summed E-state index contributed by atoms with van der Waals surface area (Å²) in [6, 6.07) is 14.2. The van der Waals surface area contributed by atoms with Crippen molar-refractivity contribution in [3.63, 3.8) is 0 Å². The van der Waals surface area contributed by atoms with Crippen LogP contribution in [0.1, 0.15) is 11.3 Å². The molecule has 0 bridgehead atoms. The first-order chi connectivity index (χ1) is 14.2. The van der Waals surface area contributed by atoms with Gasteiger partial charge in [0, 0.05) is 23.7 Å². The van der Waals surface area contributed by atoms with Crippen molar-refractivity contribution in [2.24, 2.45) is 0 Å². The van der Waals surface area contributed by atoms with Crippen LogP contribution in [0.4, 0.5) is 0 Å². The standard InChI is InChI=1S/C21H15N7S/c1-12-10-13(2)27-16-8-4-3-7-15(16)23-19(27)17(12)20-26-28-18(24-25-21(28)29-20)14-6-5-9-22-11-14/h3-11H,1-2H3. The maximum atomic E-state index is 4.92. The van der Waals surface area contributed by atoms with Gasteiger partial charge in [-0.3, -0.25) is 9.38 Å². The Morgan fingerprint density at radius 2 is 1.90 bits per heavy atom. The van der Waals surface area contributed by atoms with Crippen LogP contribution >= 0.6 is 11.3 Å². The van der Waals surface area contributed by atoms with E-state index < -0.39 is 0 Å². The van der Waals surface area contributed by atoms with Crippen LogP contribution in [0.2, 0.25) is 0 Å². The van der Waals surface area contributed by atoms with E-state index in [1.807, 2.05) is 30.3 Å². The minimum atomic E-state index is 0.685. The van der Waals surface area contributed by atoms with Gasteiger partial charge in [-0.05, 0) is 49.7 Å². The van der Waals surface area contributed by atoms with Gasteiger partial charge in [-0.2, -0.15) is 9.61 Å². The third kappa shape index (κ3) is 2.32. The Kier molecular flexibility index (Phi) is 3.33. The van der Waals surface area contributed by atoms with Gasteiger partial charge in [-0.15, -0.1) is 10.2 Å². The van der Waals surface area contributed by atoms with Crippen LogP contribution in [-0.4, -0.2) is 34.2 Å². The van der Waals surface area contributed by atoms with Crippen LogP contribution in [0.3, 0.4) is 0 Å². The number of rotatable bonds is 2. The van der Waals surface area contributed by atoms with Crippen LogP contribution in [-0.2, 0) is 0 Å². The van der Waals surface area contributed by atoms with Crippen LogP contribution in [0.15, 0.2) is 54.9 Å². The Labute approximate surface area is 169 Å². The molecule has 0 saturated carbocycles. The minimum Gasteiger partial charge on any atom is -0.296 e. The van der Waals surface area contributed by atoms with Crippen LogP contribution < -0.4 is 0 Å². The summed E-state index contributed by atoms with van der Waals surface area (Å²) in [6.45, 7) is 4.21. The average Bonchev–Trinajstić information content (AvgIpc) is 3.40. The number of pyridine rings is 2. The summed E-state index contributed by atoms with van der Waals surface area (Å²) in [6.07, 6.45) is 3.51. The molecule has 0 atom stereocenters. The molecule has 0 fully saturated rings. The fraction of sp³-hybridized carbons (Fsp3) is 0.0952. The molecule has 29 heavy (non-hydrogen) atoms. The fourth-order valence-electron chi connectivity index (χ4n) is 3.83. The fourth-order valence-corrected chi connectivity index (χ4v) is 4.78. The average molecular weight is 397 g/mol. The van der Waals surface area contributed by atoms with Crippen LogP contribution in [0, 0.1) is 13.8 Å². The number of para-hydroxylation sites is 2. The van der Waals surface area contributed by atoms with Gasteiger partial charge in [-0.1, -0.05) is 23.5 Å². The van der Waals surface area contributed by atoms with Gasteiger partial charge < -0.3 is 0 Å². The molecule has 6 rings (SSSR count). The number of benzene rings is 1. The topological polar surface area (TPSA) is 73.3 Å². The molecule has 0 spiro atoms. The molecule has 6 aromatic rings. The number of fused-ring (bicyclic) bond motifs is 4. The van der Waals surface area contributed by atoms with Gasteiger partial charge >= 0.3 is 0 Å². The second kappa shape index (κ2) is 5.92. The van der Waals surface area contributed by atoms with Crippen molar-refractivity contribution in [3.05, 3.63) is 66.1 Å². The lowest BCUT2D eigenvalue weighted by Gasteiger charge is -2.08. The molecule has 0 N–H and O–H groups in total. The van der Waals surface area contributed by atoms with Crippen molar-refractivity contribution in [1.29, 1.82) is 0 Å². The normalized spacial score (nSPS) is 11.8. The lowest BCUT2D eigenvalue weighted by Crippen LogP contribution is -1.98. The first kappa shape index (κ1) is 16.3. The molecule has 8 heteroatoms. The SMILES string of the molecule is Cc1cc(C)n2c(nc3ccccc32)c1-c1nn2c(-c3cccnc3)nnc2s1. The highest BCUT2D eigenvalue weighted by Gasteiger charge is 2.20. The van der Waals surface area contributed by atoms with Gasteiger partial charge in [-0.25, -0.2) is 4.98 Å². The van der Waals surface area contributed by atoms with E-state index >= 15 is 0 Å². The summed E-state index contributed by atoms with van der Waals surface area (Å²) in [5.74, 6) is 0.685. The molecule has 0 saturated heterocycles. The summed E-state index contributed by atoms with van der Waals surface area (Å²) in [5, 5.41) is 14.4. The van der Waals surface area contributed by atoms with Gasteiger partial charge in [0.15, 0.2) is 10.8 Å². The van der Waals surface area contributed by atoms with E-state index in [0.717, 1.165) is 49.0 Å². The van der Waals surface area contributed by atoms with Crippen molar-refractivity contribution < 1.29 is 0 Å². The number of nitrogens with zero attached hydrogens (tertiary/aromatic N) is 7. The molecular formula is C21H15N7S. The Balaban J connectivity index is 1.64. The summed E-state index contributed by atoms with van der Waals surface area (Å²) >= 11 is 1.52. The number of imidazole rings is 1. The van der Waals surface area contributed by atoms with E-state index in [-0.39, 0.29) is 0 Å². The molecule has 1 aromatic carbocycles. The van der Waals surface area contributed by atoms with Crippen LogP contribution in [0.5, 0.6) is 0 Å². The predicted octanol–water partition coefficient (Wildman–Crippen LogP) is 4.33. The molecule has 7 nitrogen and oxygen atoms in total. The number of hydrogen-bond donors (Lipinski definition) is 0. The first-order valence-corrected chi connectivity index (χ1v) is 10.0. The maximum Gasteiger partial charge on any atom is 0.235 e. The highest BCUT2D eigenvalue weighted by Crippen LogP contribution is 2.35. The van der Waals surface area contributed by atoms with Gasteiger partial charge in [0.1, 0.15) is 5.65 Å². The number of aromatic nitrogens is 7. The Morgan fingerprint density at radius 3 is 2.76 bits per heavy atom. The molecule has 0 amide bonds. The van der Waals surface area contributed by atoms with E-state index in [0.29, 0.717) is 5.82 Å². The molecule has 5 heterocycles.